The molecule has 24 heavy (non-hydrogen) atoms. The number of carbonyl (C=O) groups is 1. The number of aliphatic hydroxyl groups is 1. The van der Waals surface area contributed by atoms with Gasteiger partial charge in [-0.2, -0.15) is 0 Å². The van der Waals surface area contributed by atoms with E-state index in [9.17, 15) is 9.90 Å². The number of aryl methyl sites for hydroxylation is 1. The Morgan fingerprint density at radius 1 is 1.46 bits per heavy atom. The van der Waals surface area contributed by atoms with Crippen LogP contribution in [0.3, 0.4) is 0 Å². The molecule has 2 aromatic rings. The molecule has 1 aliphatic heterocycles. The molecule has 1 fully saturated rings. The third-order valence-corrected chi connectivity index (χ3v) is 4.76. The molecule has 0 aromatic carbocycles. The highest BCUT2D eigenvalue weighted by Crippen LogP contribution is 2.30. The van der Waals surface area contributed by atoms with Gasteiger partial charge in [0.2, 0.25) is 0 Å². The monoisotopic (exact) mass is 346 g/mol. The van der Waals surface area contributed by atoms with E-state index in [2.05, 4.69) is 15.3 Å². The number of hydrogen-bond acceptors (Lipinski definition) is 6. The van der Waals surface area contributed by atoms with Crippen molar-refractivity contribution in [2.24, 2.45) is 0 Å². The largest absolute Gasteiger partial charge is 0.381 e. The number of nitrogens with one attached hydrogen (secondary N) is 1. The number of anilines is 2. The van der Waals surface area contributed by atoms with Crippen LogP contribution < -0.4 is 5.32 Å². The highest BCUT2D eigenvalue weighted by Gasteiger charge is 2.35. The Kier molecular flexibility index (Phi) is 4.56. The number of amides is 1. The predicted octanol–water partition coefficient (Wildman–Crippen LogP) is 2.68. The third-order valence-electron chi connectivity index (χ3n) is 4.07. The minimum Gasteiger partial charge on any atom is -0.381 e. The first-order chi connectivity index (χ1) is 11.3. The second kappa shape index (κ2) is 6.49. The molecule has 1 saturated heterocycles. The fourth-order valence-corrected chi connectivity index (χ4v) is 3.51. The Balaban J connectivity index is 1.75. The molecule has 2 N–H and O–H groups in total. The van der Waals surface area contributed by atoms with Crippen molar-refractivity contribution in [3.05, 3.63) is 35.1 Å². The van der Waals surface area contributed by atoms with Gasteiger partial charge >= 0.3 is 0 Å². The molecule has 6 nitrogen and oxygen atoms in total. The molecule has 1 amide bonds. The Hall–Kier alpha value is -1.99. The van der Waals surface area contributed by atoms with Crippen LogP contribution in [0, 0.1) is 6.92 Å². The molecule has 0 bridgehead atoms. The standard InChI is InChI=1S/C17H22N4O2S/c1-11-8-13(20-16-18-5-7-24-16)9-14(19-11)12-4-6-21(10-12)15(22)17(2,3)23/h5,7-9,12,23H,4,6,10H2,1-3H3,(H,18,19,20)/t12-/m0/s1. The lowest BCUT2D eigenvalue weighted by atomic mass is 10.0. The summed E-state index contributed by atoms with van der Waals surface area (Å²) < 4.78 is 0. The molecule has 0 saturated carbocycles. The van der Waals surface area contributed by atoms with Gasteiger partial charge in [-0.3, -0.25) is 9.78 Å². The van der Waals surface area contributed by atoms with Crippen molar-refractivity contribution in [3.8, 4) is 0 Å². The average molecular weight is 346 g/mol. The minimum atomic E-state index is -1.33. The number of pyridine rings is 1. The maximum Gasteiger partial charge on any atom is 0.253 e. The van der Waals surface area contributed by atoms with E-state index < -0.39 is 5.60 Å². The molecule has 2 aromatic heterocycles. The molecule has 1 atom stereocenters. The maximum absolute atomic E-state index is 12.2. The van der Waals surface area contributed by atoms with Gasteiger partial charge in [-0.15, -0.1) is 11.3 Å². The normalized spacial score (nSPS) is 18.0. The second-order valence-electron chi connectivity index (χ2n) is 6.68. The van der Waals surface area contributed by atoms with Gasteiger partial charge in [0, 0.05) is 47.7 Å². The van der Waals surface area contributed by atoms with Crippen LogP contribution in [0.1, 0.15) is 37.6 Å². The number of carbonyl (C=O) groups excluding carboxylic acids is 1. The Bertz CT molecular complexity index is 725. The summed E-state index contributed by atoms with van der Waals surface area (Å²) in [5, 5.41) is 16.0. The van der Waals surface area contributed by atoms with Gasteiger partial charge in [0.25, 0.3) is 5.91 Å². The number of likely N-dealkylation sites (tertiary alicyclic amines) is 1. The Morgan fingerprint density at radius 2 is 2.25 bits per heavy atom. The van der Waals surface area contributed by atoms with E-state index in [1.807, 2.05) is 24.4 Å². The number of hydrogen-bond donors (Lipinski definition) is 2. The molecule has 0 unspecified atom stereocenters. The number of aromatic nitrogens is 2. The van der Waals surface area contributed by atoms with E-state index in [-0.39, 0.29) is 11.8 Å². The molecule has 128 valence electrons. The summed E-state index contributed by atoms with van der Waals surface area (Å²) in [4.78, 5) is 22.8. The fourth-order valence-electron chi connectivity index (χ4n) is 2.96. The van der Waals surface area contributed by atoms with Crippen molar-refractivity contribution in [3.63, 3.8) is 0 Å². The maximum atomic E-state index is 12.2. The highest BCUT2D eigenvalue weighted by molar-refractivity contribution is 7.13. The van der Waals surface area contributed by atoms with Crippen LogP contribution in [0.15, 0.2) is 23.7 Å². The van der Waals surface area contributed by atoms with E-state index in [0.717, 1.165) is 28.6 Å². The summed E-state index contributed by atoms with van der Waals surface area (Å²) in [6.45, 7) is 6.27. The number of rotatable bonds is 4. The molecule has 7 heteroatoms. The molecule has 1 aliphatic rings. The topological polar surface area (TPSA) is 78.4 Å². The molecule has 3 heterocycles. The van der Waals surface area contributed by atoms with Crippen molar-refractivity contribution >= 4 is 28.1 Å². The Labute approximate surface area is 145 Å². The van der Waals surface area contributed by atoms with Crippen molar-refractivity contribution in [2.75, 3.05) is 18.4 Å². The lowest BCUT2D eigenvalue weighted by molar-refractivity contribution is -0.146. The lowest BCUT2D eigenvalue weighted by Crippen LogP contribution is -2.43. The first-order valence-corrected chi connectivity index (χ1v) is 8.88. The van der Waals surface area contributed by atoms with E-state index in [0.29, 0.717) is 13.1 Å². The zero-order valence-corrected chi connectivity index (χ0v) is 14.9. The van der Waals surface area contributed by atoms with Crippen LogP contribution in [0.5, 0.6) is 0 Å². The summed E-state index contributed by atoms with van der Waals surface area (Å²) in [6.07, 6.45) is 2.62. The zero-order chi connectivity index (χ0) is 17.3. The fraction of sp³-hybridized carbons (Fsp3) is 0.471. The van der Waals surface area contributed by atoms with Crippen LogP contribution >= 0.6 is 11.3 Å². The van der Waals surface area contributed by atoms with Crippen molar-refractivity contribution in [2.45, 2.75) is 38.7 Å². The van der Waals surface area contributed by atoms with E-state index in [4.69, 9.17) is 0 Å². The molecule has 0 aliphatic carbocycles. The minimum absolute atomic E-state index is 0.188. The van der Waals surface area contributed by atoms with Crippen LogP contribution in [0.2, 0.25) is 0 Å². The van der Waals surface area contributed by atoms with Crippen LogP contribution in [-0.2, 0) is 4.79 Å². The van der Waals surface area contributed by atoms with Crippen LogP contribution in [0.25, 0.3) is 0 Å². The second-order valence-corrected chi connectivity index (χ2v) is 7.57. The van der Waals surface area contributed by atoms with Crippen LogP contribution in [-0.4, -0.2) is 44.6 Å². The number of nitrogens with zero attached hydrogens (tertiary/aromatic N) is 3. The van der Waals surface area contributed by atoms with Gasteiger partial charge in [-0.05, 0) is 39.3 Å². The lowest BCUT2D eigenvalue weighted by Gasteiger charge is -2.24. The molecular formula is C17H22N4O2S. The van der Waals surface area contributed by atoms with Crippen molar-refractivity contribution < 1.29 is 9.90 Å². The quantitative estimate of drug-likeness (QED) is 0.890. The van der Waals surface area contributed by atoms with Gasteiger partial charge in [0.1, 0.15) is 5.60 Å². The van der Waals surface area contributed by atoms with E-state index in [1.165, 1.54) is 13.8 Å². The van der Waals surface area contributed by atoms with Gasteiger partial charge in [0.05, 0.1) is 0 Å². The summed E-state index contributed by atoms with van der Waals surface area (Å²) in [7, 11) is 0. The molecule has 3 rings (SSSR count). The first-order valence-electron chi connectivity index (χ1n) is 8.00. The number of thiazole rings is 1. The zero-order valence-electron chi connectivity index (χ0n) is 14.1. The van der Waals surface area contributed by atoms with Crippen molar-refractivity contribution in [1.82, 2.24) is 14.9 Å². The van der Waals surface area contributed by atoms with Gasteiger partial charge in [-0.25, -0.2) is 4.98 Å². The first kappa shape index (κ1) is 16.9. The smallest absolute Gasteiger partial charge is 0.253 e. The van der Waals surface area contributed by atoms with E-state index >= 15 is 0 Å². The summed E-state index contributed by atoms with van der Waals surface area (Å²) >= 11 is 1.55. The molecular weight excluding hydrogens is 324 g/mol. The van der Waals surface area contributed by atoms with Crippen LogP contribution in [0.4, 0.5) is 10.8 Å². The highest BCUT2D eigenvalue weighted by atomic mass is 32.1. The Morgan fingerprint density at radius 3 is 2.92 bits per heavy atom. The SMILES string of the molecule is Cc1cc(Nc2nccs2)cc([C@H]2CCN(C(=O)C(C)(C)O)C2)n1. The summed E-state index contributed by atoms with van der Waals surface area (Å²) in [6, 6.07) is 4.01. The predicted molar refractivity (Wildman–Crippen MR) is 94.6 cm³/mol. The van der Waals surface area contributed by atoms with Gasteiger partial charge in [-0.1, -0.05) is 0 Å². The molecule has 0 radical (unpaired) electrons. The van der Waals surface area contributed by atoms with Gasteiger partial charge in [0.15, 0.2) is 5.13 Å². The van der Waals surface area contributed by atoms with Crippen molar-refractivity contribution in [1.29, 1.82) is 0 Å². The third kappa shape index (κ3) is 3.73. The van der Waals surface area contributed by atoms with E-state index in [1.54, 1.807) is 22.4 Å². The summed E-state index contributed by atoms with van der Waals surface area (Å²) in [5.41, 5.74) is 1.53. The summed E-state index contributed by atoms with van der Waals surface area (Å²) in [5.74, 6) is -0.0353. The van der Waals surface area contributed by atoms with Gasteiger partial charge < -0.3 is 15.3 Å². The molecule has 0 spiro atoms. The average Bonchev–Trinajstić information content (AvgIpc) is 3.16.